The number of aromatic nitrogens is 1. The minimum Gasteiger partial charge on any atom is -0.478 e. The molecule has 0 radical (unpaired) electrons. The minimum atomic E-state index is -3.95. The molecule has 1 heterocycles. The van der Waals surface area contributed by atoms with Crippen LogP contribution in [0, 0.1) is 13.8 Å². The molecule has 0 atom stereocenters. The van der Waals surface area contributed by atoms with Gasteiger partial charge in [-0.15, -0.1) is 0 Å². The van der Waals surface area contributed by atoms with Crippen molar-refractivity contribution in [3.05, 3.63) is 77.6 Å². The maximum Gasteiger partial charge on any atom is 0.336 e. The standard InChI is InChI=1S/C22H22N2O5S/c1-4-24(17-7-9-18(10-8-17)29-19-6-5-11-23-14-19)30(27,28)20-12-15(2)16(3)21(13-20)22(25)26/h5-14H,4H2,1-3H3,(H,25,26). The average molecular weight is 426 g/mol. The largest absolute Gasteiger partial charge is 0.478 e. The maximum atomic E-state index is 13.3. The molecular formula is C22H22N2O5S. The smallest absolute Gasteiger partial charge is 0.336 e. The molecule has 156 valence electrons. The first kappa shape index (κ1) is 21.3. The highest BCUT2D eigenvalue weighted by molar-refractivity contribution is 7.92. The summed E-state index contributed by atoms with van der Waals surface area (Å²) in [6.45, 7) is 5.26. The molecular weight excluding hydrogens is 404 g/mol. The van der Waals surface area contributed by atoms with Crippen LogP contribution in [0.1, 0.15) is 28.4 Å². The number of aromatic carboxylic acids is 1. The highest BCUT2D eigenvalue weighted by Crippen LogP contribution is 2.29. The van der Waals surface area contributed by atoms with E-state index >= 15 is 0 Å². The van der Waals surface area contributed by atoms with Gasteiger partial charge in [-0.05, 0) is 80.4 Å². The Balaban J connectivity index is 1.94. The quantitative estimate of drug-likeness (QED) is 0.601. The lowest BCUT2D eigenvalue weighted by atomic mass is 10.0. The van der Waals surface area contributed by atoms with Crippen LogP contribution >= 0.6 is 0 Å². The number of benzene rings is 2. The lowest BCUT2D eigenvalue weighted by Crippen LogP contribution is -2.31. The number of carboxylic acids is 1. The van der Waals surface area contributed by atoms with Crippen LogP contribution in [-0.4, -0.2) is 31.0 Å². The molecule has 1 aromatic heterocycles. The fraction of sp³-hybridized carbons (Fsp3) is 0.182. The fourth-order valence-electron chi connectivity index (χ4n) is 3.04. The summed E-state index contributed by atoms with van der Waals surface area (Å²) >= 11 is 0. The van der Waals surface area contributed by atoms with Crippen molar-refractivity contribution in [2.24, 2.45) is 0 Å². The number of ether oxygens (including phenoxy) is 1. The van der Waals surface area contributed by atoms with Crippen molar-refractivity contribution >= 4 is 21.7 Å². The van der Waals surface area contributed by atoms with Gasteiger partial charge in [-0.1, -0.05) is 0 Å². The lowest BCUT2D eigenvalue weighted by molar-refractivity contribution is 0.0695. The molecule has 0 bridgehead atoms. The zero-order chi connectivity index (χ0) is 21.9. The van der Waals surface area contributed by atoms with Gasteiger partial charge in [0.15, 0.2) is 0 Å². The highest BCUT2D eigenvalue weighted by atomic mass is 32.2. The molecule has 7 nitrogen and oxygen atoms in total. The first-order chi connectivity index (χ1) is 14.2. The maximum absolute atomic E-state index is 13.3. The van der Waals surface area contributed by atoms with Crippen LogP contribution in [0.2, 0.25) is 0 Å². The molecule has 2 aromatic carbocycles. The van der Waals surface area contributed by atoms with Gasteiger partial charge in [0.2, 0.25) is 0 Å². The Kier molecular flexibility index (Phi) is 6.07. The Labute approximate surface area is 175 Å². The van der Waals surface area contributed by atoms with Crippen LogP contribution in [0.15, 0.2) is 65.8 Å². The summed E-state index contributed by atoms with van der Waals surface area (Å²) in [5, 5.41) is 9.42. The molecule has 0 aliphatic rings. The topological polar surface area (TPSA) is 96.8 Å². The van der Waals surface area contributed by atoms with Crippen LogP contribution in [-0.2, 0) is 10.0 Å². The van der Waals surface area contributed by atoms with E-state index in [2.05, 4.69) is 4.98 Å². The number of sulfonamides is 1. The predicted octanol–water partition coefficient (Wildman–Crippen LogP) is 4.40. The van der Waals surface area contributed by atoms with Crippen LogP contribution in [0.5, 0.6) is 11.5 Å². The number of hydrogen-bond donors (Lipinski definition) is 1. The van der Waals surface area contributed by atoms with Gasteiger partial charge in [0.1, 0.15) is 11.5 Å². The van der Waals surface area contributed by atoms with Gasteiger partial charge >= 0.3 is 5.97 Å². The Hall–Kier alpha value is -3.39. The van der Waals surface area contributed by atoms with E-state index in [4.69, 9.17) is 4.74 Å². The van der Waals surface area contributed by atoms with Gasteiger partial charge in [-0.2, -0.15) is 0 Å². The number of pyridine rings is 1. The number of hydrogen-bond acceptors (Lipinski definition) is 5. The average Bonchev–Trinajstić information content (AvgIpc) is 2.72. The van der Waals surface area contributed by atoms with Crippen molar-refractivity contribution in [1.82, 2.24) is 4.98 Å². The Morgan fingerprint density at radius 2 is 1.80 bits per heavy atom. The van der Waals surface area contributed by atoms with E-state index in [1.165, 1.54) is 16.4 Å². The van der Waals surface area contributed by atoms with Crippen molar-refractivity contribution in [3.8, 4) is 11.5 Å². The van der Waals surface area contributed by atoms with E-state index in [0.29, 0.717) is 28.3 Å². The Bertz CT molecular complexity index is 1160. The van der Waals surface area contributed by atoms with Crippen molar-refractivity contribution in [3.63, 3.8) is 0 Å². The minimum absolute atomic E-state index is 0.0233. The molecule has 0 saturated heterocycles. The molecule has 1 N–H and O–H groups in total. The summed E-state index contributed by atoms with van der Waals surface area (Å²) in [4.78, 5) is 15.5. The van der Waals surface area contributed by atoms with E-state index in [0.717, 1.165) is 0 Å². The molecule has 0 fully saturated rings. The van der Waals surface area contributed by atoms with Crippen LogP contribution < -0.4 is 9.04 Å². The van der Waals surface area contributed by atoms with Gasteiger partial charge in [-0.25, -0.2) is 13.2 Å². The van der Waals surface area contributed by atoms with Crippen molar-refractivity contribution < 1.29 is 23.1 Å². The number of aryl methyl sites for hydroxylation is 1. The number of nitrogens with zero attached hydrogens (tertiary/aromatic N) is 2. The summed E-state index contributed by atoms with van der Waals surface area (Å²) in [6.07, 6.45) is 3.22. The zero-order valence-corrected chi connectivity index (χ0v) is 17.7. The third-order valence-corrected chi connectivity index (χ3v) is 6.62. The van der Waals surface area contributed by atoms with E-state index < -0.39 is 16.0 Å². The zero-order valence-electron chi connectivity index (χ0n) is 16.9. The second-order valence-corrected chi connectivity index (χ2v) is 8.53. The molecule has 0 amide bonds. The number of rotatable bonds is 7. The Morgan fingerprint density at radius 3 is 2.37 bits per heavy atom. The molecule has 0 spiro atoms. The third-order valence-electron chi connectivity index (χ3n) is 4.74. The molecule has 3 aromatic rings. The fourth-order valence-corrected chi connectivity index (χ4v) is 4.63. The second-order valence-electron chi connectivity index (χ2n) is 6.67. The van der Waals surface area contributed by atoms with E-state index in [-0.39, 0.29) is 17.0 Å². The van der Waals surface area contributed by atoms with Gasteiger partial charge in [0, 0.05) is 12.7 Å². The van der Waals surface area contributed by atoms with Crippen molar-refractivity contribution in [2.45, 2.75) is 25.7 Å². The number of carboxylic acid groups (broad SMARTS) is 1. The van der Waals surface area contributed by atoms with Crippen LogP contribution in [0.3, 0.4) is 0 Å². The lowest BCUT2D eigenvalue weighted by Gasteiger charge is -2.24. The van der Waals surface area contributed by atoms with E-state index in [9.17, 15) is 18.3 Å². The molecule has 3 rings (SSSR count). The van der Waals surface area contributed by atoms with Crippen LogP contribution in [0.25, 0.3) is 0 Å². The van der Waals surface area contributed by atoms with Crippen molar-refractivity contribution in [2.75, 3.05) is 10.8 Å². The second kappa shape index (κ2) is 8.54. The molecule has 0 aliphatic heterocycles. The monoisotopic (exact) mass is 426 g/mol. The summed E-state index contributed by atoms with van der Waals surface area (Å²) in [6, 6.07) is 12.9. The normalized spacial score (nSPS) is 11.2. The van der Waals surface area contributed by atoms with Crippen molar-refractivity contribution in [1.29, 1.82) is 0 Å². The molecule has 0 saturated carbocycles. The molecule has 30 heavy (non-hydrogen) atoms. The summed E-state index contributed by atoms with van der Waals surface area (Å²) in [7, 11) is -3.95. The van der Waals surface area contributed by atoms with Crippen LogP contribution in [0.4, 0.5) is 5.69 Å². The Morgan fingerprint density at radius 1 is 1.10 bits per heavy atom. The third kappa shape index (κ3) is 4.28. The number of carbonyl (C=O) groups is 1. The van der Waals surface area contributed by atoms with Gasteiger partial charge in [-0.3, -0.25) is 9.29 Å². The van der Waals surface area contributed by atoms with E-state index in [1.54, 1.807) is 69.6 Å². The highest BCUT2D eigenvalue weighted by Gasteiger charge is 2.26. The first-order valence-corrected chi connectivity index (χ1v) is 10.7. The van der Waals surface area contributed by atoms with Gasteiger partial charge in [0.05, 0.1) is 22.3 Å². The summed E-state index contributed by atoms with van der Waals surface area (Å²) < 4.78 is 33.5. The number of anilines is 1. The van der Waals surface area contributed by atoms with Gasteiger partial charge in [0.25, 0.3) is 10.0 Å². The molecule has 0 aliphatic carbocycles. The molecule has 0 unspecified atom stereocenters. The predicted molar refractivity (Wildman–Crippen MR) is 114 cm³/mol. The van der Waals surface area contributed by atoms with Gasteiger partial charge < -0.3 is 9.84 Å². The van der Waals surface area contributed by atoms with E-state index in [1.807, 2.05) is 0 Å². The summed E-state index contributed by atoms with van der Waals surface area (Å²) in [5.41, 5.74) is 1.57. The first-order valence-electron chi connectivity index (χ1n) is 9.29. The SMILES string of the molecule is CCN(c1ccc(Oc2cccnc2)cc1)S(=O)(=O)c1cc(C)c(C)c(C(=O)O)c1. The molecule has 8 heteroatoms. The summed E-state index contributed by atoms with van der Waals surface area (Å²) in [5.74, 6) is -0.0475.